The van der Waals surface area contributed by atoms with Crippen molar-refractivity contribution in [3.63, 3.8) is 0 Å². The van der Waals surface area contributed by atoms with Crippen LogP contribution in [0.5, 0.6) is 0 Å². The predicted molar refractivity (Wildman–Crippen MR) is 98.5 cm³/mol. The Morgan fingerprint density at radius 3 is 2.84 bits per heavy atom. The number of hydrogen-bond acceptors (Lipinski definition) is 4. The van der Waals surface area contributed by atoms with E-state index in [4.69, 9.17) is 11.6 Å². The second-order valence-electron chi connectivity index (χ2n) is 5.49. The van der Waals surface area contributed by atoms with Gasteiger partial charge < -0.3 is 10.3 Å². The van der Waals surface area contributed by atoms with Crippen molar-refractivity contribution < 1.29 is 4.79 Å². The molecule has 4 rings (SSSR count). The molecule has 0 fully saturated rings. The molecule has 3 aromatic heterocycles. The van der Waals surface area contributed by atoms with Crippen LogP contribution in [0, 0.1) is 0 Å². The molecule has 0 aliphatic rings. The van der Waals surface area contributed by atoms with E-state index in [1.54, 1.807) is 36.9 Å². The van der Waals surface area contributed by atoms with Crippen LogP contribution in [0.1, 0.15) is 15.9 Å². The van der Waals surface area contributed by atoms with Gasteiger partial charge in [-0.25, -0.2) is 4.98 Å². The van der Waals surface area contributed by atoms with E-state index in [9.17, 15) is 4.79 Å². The summed E-state index contributed by atoms with van der Waals surface area (Å²) in [5, 5.41) is 4.68. The third-order valence-electron chi connectivity index (χ3n) is 3.85. The van der Waals surface area contributed by atoms with Gasteiger partial charge in [-0.1, -0.05) is 17.7 Å². The van der Waals surface area contributed by atoms with Crippen LogP contribution in [0.15, 0.2) is 67.3 Å². The van der Waals surface area contributed by atoms with E-state index in [0.717, 1.165) is 16.8 Å². The number of nitrogens with one attached hydrogen (secondary N) is 2. The minimum absolute atomic E-state index is 0.110. The number of carbonyl (C=O) groups is 1. The first-order chi connectivity index (χ1) is 12.2. The van der Waals surface area contributed by atoms with Crippen molar-refractivity contribution in [3.05, 3.63) is 83.4 Å². The lowest BCUT2D eigenvalue weighted by Gasteiger charge is -2.09. The van der Waals surface area contributed by atoms with Crippen LogP contribution in [-0.4, -0.2) is 20.7 Å². The van der Waals surface area contributed by atoms with Crippen LogP contribution in [0.4, 0.5) is 11.4 Å². The Hall–Kier alpha value is -3.18. The Kier molecular flexibility index (Phi) is 3.91. The molecule has 2 N–H and O–H groups in total. The third kappa shape index (κ3) is 2.97. The highest BCUT2D eigenvalue weighted by Gasteiger charge is 2.17. The summed E-state index contributed by atoms with van der Waals surface area (Å²) < 4.78 is 0. The molecule has 0 aliphatic heterocycles. The van der Waals surface area contributed by atoms with Crippen molar-refractivity contribution in [2.45, 2.75) is 0 Å². The molecule has 0 spiro atoms. The number of halogens is 1. The first kappa shape index (κ1) is 15.4. The maximum atomic E-state index is 12.8. The first-order valence-corrected chi connectivity index (χ1v) is 8.03. The van der Waals surface area contributed by atoms with Crippen molar-refractivity contribution in [1.82, 2.24) is 15.0 Å². The van der Waals surface area contributed by atoms with Gasteiger partial charge in [0.25, 0.3) is 0 Å². The van der Waals surface area contributed by atoms with Crippen LogP contribution >= 0.6 is 11.6 Å². The average molecular weight is 349 g/mol. The Balaban J connectivity index is 1.81. The number of carbonyl (C=O) groups excluding carboxylic acids is 1. The molecule has 25 heavy (non-hydrogen) atoms. The lowest BCUT2D eigenvalue weighted by molar-refractivity contribution is 0.104. The van der Waals surface area contributed by atoms with Gasteiger partial charge in [-0.15, -0.1) is 0 Å². The number of H-pyrrole nitrogens is 1. The van der Waals surface area contributed by atoms with Crippen LogP contribution in [-0.2, 0) is 0 Å². The number of hydrogen-bond donors (Lipinski definition) is 2. The quantitative estimate of drug-likeness (QED) is 0.529. The highest BCUT2D eigenvalue weighted by Crippen LogP contribution is 2.30. The fourth-order valence-electron chi connectivity index (χ4n) is 2.71. The van der Waals surface area contributed by atoms with Gasteiger partial charge in [-0.3, -0.25) is 9.78 Å². The highest BCUT2D eigenvalue weighted by atomic mass is 35.5. The number of benzene rings is 1. The van der Waals surface area contributed by atoms with Gasteiger partial charge in [0.1, 0.15) is 5.65 Å². The number of anilines is 2. The molecule has 0 bridgehead atoms. The van der Waals surface area contributed by atoms with Gasteiger partial charge in [0.2, 0.25) is 0 Å². The highest BCUT2D eigenvalue weighted by molar-refractivity contribution is 6.30. The number of nitrogens with zero attached hydrogens (tertiary/aromatic N) is 2. The fraction of sp³-hybridized carbons (Fsp3) is 0. The molecule has 0 aliphatic carbocycles. The fourth-order valence-corrected chi connectivity index (χ4v) is 2.90. The number of fused-ring (bicyclic) bond motifs is 1. The Labute approximate surface area is 148 Å². The van der Waals surface area contributed by atoms with Crippen LogP contribution in [0.3, 0.4) is 0 Å². The number of rotatable bonds is 4. The van der Waals surface area contributed by atoms with Crippen molar-refractivity contribution in [1.29, 1.82) is 0 Å². The summed E-state index contributed by atoms with van der Waals surface area (Å²) in [6.45, 7) is 0. The van der Waals surface area contributed by atoms with E-state index in [1.165, 1.54) is 0 Å². The van der Waals surface area contributed by atoms with E-state index in [-0.39, 0.29) is 5.78 Å². The zero-order valence-electron chi connectivity index (χ0n) is 13.0. The summed E-state index contributed by atoms with van der Waals surface area (Å²) >= 11 is 6.05. The predicted octanol–water partition coefficient (Wildman–Crippen LogP) is 4.59. The Morgan fingerprint density at radius 1 is 1.12 bits per heavy atom. The van der Waals surface area contributed by atoms with Crippen molar-refractivity contribution in [2.24, 2.45) is 0 Å². The summed E-state index contributed by atoms with van der Waals surface area (Å²) in [6.07, 6.45) is 6.56. The van der Waals surface area contributed by atoms with Gasteiger partial charge in [0, 0.05) is 41.1 Å². The molecule has 0 radical (unpaired) electrons. The summed E-state index contributed by atoms with van der Waals surface area (Å²) in [5.74, 6) is -0.110. The van der Waals surface area contributed by atoms with E-state index < -0.39 is 0 Å². The summed E-state index contributed by atoms with van der Waals surface area (Å²) in [6, 6.07) is 12.7. The van der Waals surface area contributed by atoms with Gasteiger partial charge in [-0.05, 0) is 36.4 Å². The van der Waals surface area contributed by atoms with Crippen molar-refractivity contribution in [3.8, 4) is 0 Å². The molecule has 5 nitrogen and oxygen atoms in total. The van der Waals surface area contributed by atoms with Gasteiger partial charge in [0.05, 0.1) is 16.6 Å². The van der Waals surface area contributed by atoms with Gasteiger partial charge in [0.15, 0.2) is 5.78 Å². The first-order valence-electron chi connectivity index (χ1n) is 7.66. The largest absolute Gasteiger partial charge is 0.355 e. The molecular weight excluding hydrogens is 336 g/mol. The molecule has 3 heterocycles. The second-order valence-corrected chi connectivity index (χ2v) is 5.93. The smallest absolute Gasteiger partial charge is 0.196 e. The molecule has 4 aromatic rings. The van der Waals surface area contributed by atoms with E-state index in [2.05, 4.69) is 20.3 Å². The van der Waals surface area contributed by atoms with Crippen LogP contribution < -0.4 is 5.32 Å². The topological polar surface area (TPSA) is 70.7 Å². The summed E-state index contributed by atoms with van der Waals surface area (Å²) in [7, 11) is 0. The monoisotopic (exact) mass is 348 g/mol. The van der Waals surface area contributed by atoms with E-state index in [0.29, 0.717) is 21.8 Å². The van der Waals surface area contributed by atoms with Crippen molar-refractivity contribution >= 4 is 39.8 Å². The molecule has 6 heteroatoms. The molecule has 1 aromatic carbocycles. The average Bonchev–Trinajstić information content (AvgIpc) is 3.07. The van der Waals surface area contributed by atoms with E-state index >= 15 is 0 Å². The minimum Gasteiger partial charge on any atom is -0.355 e. The lowest BCUT2D eigenvalue weighted by Crippen LogP contribution is -2.02. The maximum absolute atomic E-state index is 12.8. The molecule has 0 saturated carbocycles. The number of pyridine rings is 2. The molecule has 0 amide bonds. The van der Waals surface area contributed by atoms with Crippen molar-refractivity contribution in [2.75, 3.05) is 5.32 Å². The molecular formula is C19H13ClN4O. The van der Waals surface area contributed by atoms with E-state index in [1.807, 2.05) is 30.3 Å². The van der Waals surface area contributed by atoms with Gasteiger partial charge in [-0.2, -0.15) is 0 Å². The Bertz CT molecular complexity index is 1060. The molecule has 122 valence electrons. The maximum Gasteiger partial charge on any atom is 0.196 e. The normalized spacial score (nSPS) is 10.8. The summed E-state index contributed by atoms with van der Waals surface area (Å²) in [4.78, 5) is 24.2. The molecule has 0 saturated heterocycles. The van der Waals surface area contributed by atoms with Gasteiger partial charge >= 0.3 is 0 Å². The minimum atomic E-state index is -0.110. The van der Waals surface area contributed by atoms with Crippen LogP contribution in [0.25, 0.3) is 11.0 Å². The molecule has 0 atom stereocenters. The lowest BCUT2D eigenvalue weighted by atomic mass is 10.0. The number of aromatic nitrogens is 3. The molecule has 0 unspecified atom stereocenters. The zero-order chi connectivity index (χ0) is 17.2. The number of ketones is 1. The zero-order valence-corrected chi connectivity index (χ0v) is 13.8. The van der Waals surface area contributed by atoms with Crippen LogP contribution in [0.2, 0.25) is 5.02 Å². The number of aromatic amines is 1. The SMILES string of the molecule is O=C(c1cccnc1)c1c[nH]c2nccc(Nc3cccc(Cl)c3)c12. The second kappa shape index (κ2) is 6.37. The summed E-state index contributed by atoms with van der Waals surface area (Å²) in [5.41, 5.74) is 3.32. The third-order valence-corrected chi connectivity index (χ3v) is 4.08. The Morgan fingerprint density at radius 2 is 2.04 bits per heavy atom. The standard InChI is InChI=1S/C19H13ClN4O/c20-13-4-1-5-14(9-13)24-16-6-8-22-19-17(16)15(11-23-19)18(25)12-3-2-7-21-10-12/h1-11H,(H2,22,23,24).